The zero-order valence-corrected chi connectivity index (χ0v) is 27.7. The number of carbonyl (C=O) groups is 2. The monoisotopic (exact) mass is 707 g/mol. The summed E-state index contributed by atoms with van der Waals surface area (Å²) in [5.74, 6) is -4.87. The number of halogens is 4. The largest absolute Gasteiger partial charge is 0.478 e. The fourth-order valence-electron chi connectivity index (χ4n) is 3.14. The zero-order chi connectivity index (χ0) is 33.4. The number of nitrogens with one attached hydrogen (secondary N) is 3. The van der Waals surface area contributed by atoms with Gasteiger partial charge in [-0.3, -0.25) is 9.59 Å². The first kappa shape index (κ1) is 40.5. The molecule has 0 unspecified atom stereocenters. The predicted molar refractivity (Wildman–Crippen MR) is 170 cm³/mol. The Morgan fingerprint density at radius 3 is 1.57 bits per heavy atom. The van der Waals surface area contributed by atoms with Crippen LogP contribution in [-0.2, 0) is 19.6 Å². The minimum absolute atomic E-state index is 0. The van der Waals surface area contributed by atoms with Gasteiger partial charge in [-0.05, 0) is 36.4 Å². The SMILES string of the molecule is CNC(=O)COc1c(F)cc(SCCN)cc1F.CNC(=O)COc1c(F)cc(SCCNS(=O)(=O)c2ccccc2)cc1F.[CH3-]. The van der Waals surface area contributed by atoms with Gasteiger partial charge >= 0.3 is 0 Å². The minimum atomic E-state index is -3.63. The smallest absolute Gasteiger partial charge is 0.257 e. The van der Waals surface area contributed by atoms with E-state index in [1.54, 1.807) is 18.2 Å². The Morgan fingerprint density at radius 1 is 0.761 bits per heavy atom. The second-order valence-electron chi connectivity index (χ2n) is 8.55. The number of rotatable bonds is 15. The first-order chi connectivity index (χ1) is 21.4. The number of sulfonamides is 1. The van der Waals surface area contributed by atoms with E-state index < -0.39 is 69.8 Å². The Morgan fingerprint density at radius 2 is 1.17 bits per heavy atom. The molecule has 3 rings (SSSR count). The van der Waals surface area contributed by atoms with E-state index in [2.05, 4.69) is 15.4 Å². The lowest BCUT2D eigenvalue weighted by atomic mass is 10.3. The number of likely N-dealkylation sites (N-methyl/N-ethyl adjacent to an activating group) is 2. The molecular formula is C29H35F4N4O6S3-. The van der Waals surface area contributed by atoms with Gasteiger partial charge in [0.25, 0.3) is 11.8 Å². The van der Waals surface area contributed by atoms with Crippen LogP contribution in [0.15, 0.2) is 69.3 Å². The van der Waals surface area contributed by atoms with Crippen LogP contribution >= 0.6 is 23.5 Å². The van der Waals surface area contributed by atoms with E-state index in [4.69, 9.17) is 15.2 Å². The maximum Gasteiger partial charge on any atom is 0.257 e. The average molecular weight is 708 g/mol. The predicted octanol–water partition coefficient (Wildman–Crippen LogP) is 3.75. The highest BCUT2D eigenvalue weighted by Crippen LogP contribution is 2.29. The van der Waals surface area contributed by atoms with Crippen molar-refractivity contribution in [3.8, 4) is 11.5 Å². The van der Waals surface area contributed by atoms with Crippen molar-refractivity contribution in [2.75, 3.05) is 51.9 Å². The molecule has 46 heavy (non-hydrogen) atoms. The van der Waals surface area contributed by atoms with E-state index in [0.29, 0.717) is 17.2 Å². The molecule has 0 fully saturated rings. The molecule has 0 aliphatic rings. The molecule has 0 spiro atoms. The van der Waals surface area contributed by atoms with Crippen molar-refractivity contribution in [2.24, 2.45) is 5.73 Å². The van der Waals surface area contributed by atoms with Crippen molar-refractivity contribution in [1.82, 2.24) is 15.4 Å². The van der Waals surface area contributed by atoms with E-state index in [0.717, 1.165) is 36.0 Å². The number of ether oxygens (including phenoxy) is 2. The van der Waals surface area contributed by atoms with Gasteiger partial charge in [-0.1, -0.05) is 18.2 Å². The molecule has 3 aromatic carbocycles. The normalized spacial score (nSPS) is 10.6. The molecule has 0 heterocycles. The number of hydrogen-bond acceptors (Lipinski definition) is 9. The molecule has 2 amide bonds. The number of amides is 2. The third-order valence-corrected chi connectivity index (χ3v) is 8.76. The summed E-state index contributed by atoms with van der Waals surface area (Å²) in [6.07, 6.45) is 0. The van der Waals surface area contributed by atoms with Gasteiger partial charge in [0.15, 0.2) is 48.0 Å². The van der Waals surface area contributed by atoms with Crippen LogP contribution in [0, 0.1) is 30.7 Å². The second-order valence-corrected chi connectivity index (χ2v) is 12.7. The van der Waals surface area contributed by atoms with Crippen LogP contribution in [0.1, 0.15) is 0 Å². The highest BCUT2D eigenvalue weighted by Gasteiger charge is 2.16. The molecule has 0 radical (unpaired) electrons. The van der Waals surface area contributed by atoms with Crippen LogP contribution < -0.4 is 30.6 Å². The quantitative estimate of drug-likeness (QED) is 0.0803. The van der Waals surface area contributed by atoms with Gasteiger partial charge in [0.2, 0.25) is 10.0 Å². The molecule has 254 valence electrons. The Hall–Kier alpha value is -3.51. The standard InChI is InChI=1S/C17H18F2N2O4S2.C11H14F2N2O2S.CH3/c1-20-16(22)11-25-17-14(18)9-12(10-15(17)19)26-8-7-21-27(23,24)13-5-3-2-4-6-13;1-15-10(16)6-17-11-8(12)4-7(5-9(11)13)18-3-2-14;/h2-6,9-10,21H,7-8,11H2,1H3,(H,20,22);4-5H,2-3,6,14H2,1H3,(H,15,16);1H3/q;;-1. The van der Waals surface area contributed by atoms with E-state index in [1.165, 1.54) is 38.0 Å². The van der Waals surface area contributed by atoms with Gasteiger partial charge in [-0.2, -0.15) is 0 Å². The molecule has 0 bridgehead atoms. The molecule has 0 aliphatic carbocycles. The van der Waals surface area contributed by atoms with Crippen molar-refractivity contribution in [2.45, 2.75) is 14.7 Å². The van der Waals surface area contributed by atoms with Crippen LogP contribution in [0.25, 0.3) is 0 Å². The summed E-state index contributed by atoms with van der Waals surface area (Å²) >= 11 is 2.33. The Balaban J connectivity index is 0.000000487. The fourth-order valence-corrected chi connectivity index (χ4v) is 5.86. The highest BCUT2D eigenvalue weighted by molar-refractivity contribution is 7.99. The van der Waals surface area contributed by atoms with Crippen LogP contribution in [0.3, 0.4) is 0 Å². The Labute approximate surface area is 274 Å². The molecule has 17 heteroatoms. The first-order valence-electron chi connectivity index (χ1n) is 13.1. The van der Waals surface area contributed by atoms with E-state index in [1.807, 2.05) is 0 Å². The van der Waals surface area contributed by atoms with Crippen LogP contribution in [0.2, 0.25) is 0 Å². The van der Waals surface area contributed by atoms with Crippen molar-refractivity contribution < 1.29 is 45.0 Å². The summed E-state index contributed by atoms with van der Waals surface area (Å²) in [6.45, 7) is -0.430. The lowest BCUT2D eigenvalue weighted by molar-refractivity contribution is -0.123. The van der Waals surface area contributed by atoms with E-state index >= 15 is 0 Å². The van der Waals surface area contributed by atoms with Gasteiger partial charge in [0, 0.05) is 48.5 Å². The summed E-state index contributed by atoms with van der Waals surface area (Å²) in [6, 6.07) is 12.3. The summed E-state index contributed by atoms with van der Waals surface area (Å²) in [4.78, 5) is 22.9. The van der Waals surface area contributed by atoms with Crippen molar-refractivity contribution in [1.29, 1.82) is 0 Å². The molecule has 5 N–H and O–H groups in total. The van der Waals surface area contributed by atoms with Crippen molar-refractivity contribution in [3.05, 3.63) is 85.3 Å². The number of benzene rings is 3. The Bertz CT molecular complexity index is 1490. The third-order valence-electron chi connectivity index (χ3n) is 5.30. The molecule has 10 nitrogen and oxygen atoms in total. The molecule has 0 saturated heterocycles. The van der Waals surface area contributed by atoms with Gasteiger partial charge in [-0.25, -0.2) is 30.7 Å². The fraction of sp³-hybridized carbons (Fsp3) is 0.276. The molecule has 3 aromatic rings. The number of carbonyl (C=O) groups excluding carboxylic acids is 2. The lowest BCUT2D eigenvalue weighted by Gasteiger charge is -2.10. The summed E-state index contributed by atoms with van der Waals surface area (Å²) in [5.41, 5.74) is 5.30. The molecule has 0 atom stereocenters. The van der Waals surface area contributed by atoms with E-state index in [9.17, 15) is 35.6 Å². The van der Waals surface area contributed by atoms with Crippen LogP contribution in [0.4, 0.5) is 17.6 Å². The van der Waals surface area contributed by atoms with Crippen LogP contribution in [-0.4, -0.2) is 72.1 Å². The lowest BCUT2D eigenvalue weighted by Crippen LogP contribution is -2.26. The highest BCUT2D eigenvalue weighted by atomic mass is 32.2. The Kier molecular flexibility index (Phi) is 18.1. The first-order valence-corrected chi connectivity index (χ1v) is 16.5. The maximum atomic E-state index is 14.0. The summed E-state index contributed by atoms with van der Waals surface area (Å²) in [7, 11) is -0.838. The minimum Gasteiger partial charge on any atom is -0.478 e. The third kappa shape index (κ3) is 13.5. The average Bonchev–Trinajstić information content (AvgIpc) is 3.01. The van der Waals surface area contributed by atoms with E-state index in [-0.39, 0.29) is 29.5 Å². The summed E-state index contributed by atoms with van der Waals surface area (Å²) in [5, 5.41) is 4.56. The maximum absolute atomic E-state index is 14.0. The van der Waals surface area contributed by atoms with Gasteiger partial charge in [-0.15, -0.1) is 23.5 Å². The molecule has 0 saturated carbocycles. The van der Waals surface area contributed by atoms with Gasteiger partial charge in [0.1, 0.15) is 0 Å². The second kappa shape index (κ2) is 20.6. The van der Waals surface area contributed by atoms with Gasteiger partial charge in [0.05, 0.1) is 4.90 Å². The molecule has 0 aliphatic heterocycles. The van der Waals surface area contributed by atoms with Crippen molar-refractivity contribution >= 4 is 45.4 Å². The topological polar surface area (TPSA) is 149 Å². The number of nitrogens with two attached hydrogens (primary N) is 1. The van der Waals surface area contributed by atoms with Crippen LogP contribution in [0.5, 0.6) is 11.5 Å². The number of thioether (sulfide) groups is 2. The molecule has 0 aromatic heterocycles. The molecular weight excluding hydrogens is 673 g/mol. The van der Waals surface area contributed by atoms with Gasteiger partial charge < -0.3 is 33.3 Å². The summed E-state index contributed by atoms with van der Waals surface area (Å²) < 4.78 is 91.2. The van der Waals surface area contributed by atoms with Crippen molar-refractivity contribution in [3.63, 3.8) is 0 Å². The zero-order valence-electron chi connectivity index (χ0n) is 25.2. The number of hydrogen-bond donors (Lipinski definition) is 4.